The monoisotopic (exact) mass is 594 g/mol. The Balaban J connectivity index is 1.64. The molecule has 3 aromatic rings. The molecule has 1 fully saturated rings. The molecule has 1 heterocycles. The highest BCUT2D eigenvalue weighted by Gasteiger charge is 2.53. The van der Waals surface area contributed by atoms with Crippen molar-refractivity contribution in [2.75, 3.05) is 7.11 Å². The Morgan fingerprint density at radius 3 is 2.37 bits per heavy atom. The third-order valence-corrected chi connectivity index (χ3v) is 6.89. The van der Waals surface area contributed by atoms with E-state index in [1.54, 1.807) is 45.0 Å². The van der Waals surface area contributed by atoms with Gasteiger partial charge in [0.1, 0.15) is 11.7 Å². The maximum Gasteiger partial charge on any atom is 0.408 e. The lowest BCUT2D eigenvalue weighted by Crippen LogP contribution is -2.44. The highest BCUT2D eigenvalue weighted by atomic mass is 19.1. The highest BCUT2D eigenvalue weighted by Crippen LogP contribution is 2.44. The summed E-state index contributed by atoms with van der Waals surface area (Å²) in [5, 5.41) is 13.7. The number of hydrogen-bond donors (Lipinski definition) is 1. The summed E-state index contributed by atoms with van der Waals surface area (Å²) in [5.41, 5.74) is -0.870. The fraction of sp³-hybridized carbons (Fsp3) is 0.367. The number of carbonyl (C=O) groups is 3. The smallest absolute Gasteiger partial charge is 0.408 e. The topological polar surface area (TPSA) is 160 Å². The molecule has 1 aromatic heterocycles. The molecule has 3 atom stereocenters. The third kappa shape index (κ3) is 7.67. The van der Waals surface area contributed by atoms with Crippen LogP contribution in [0.15, 0.2) is 60.9 Å². The van der Waals surface area contributed by atoms with Crippen LogP contribution in [-0.4, -0.2) is 57.8 Å². The molecule has 1 N–H and O–H groups in total. The minimum absolute atomic E-state index is 0.00383. The summed E-state index contributed by atoms with van der Waals surface area (Å²) >= 11 is 0. The van der Waals surface area contributed by atoms with Gasteiger partial charge in [-0.2, -0.15) is 0 Å². The van der Waals surface area contributed by atoms with Crippen molar-refractivity contribution >= 4 is 23.7 Å². The van der Waals surface area contributed by atoms with Gasteiger partial charge in [-0.3, -0.25) is 14.9 Å². The molecule has 13 heteroatoms. The minimum Gasteiger partial charge on any atom is -0.469 e. The van der Waals surface area contributed by atoms with Crippen molar-refractivity contribution in [3.8, 4) is 11.4 Å². The number of alkyl carbamates (subject to hydrolysis) is 1. The number of esters is 2. The van der Waals surface area contributed by atoms with Crippen LogP contribution >= 0.6 is 0 Å². The van der Waals surface area contributed by atoms with Gasteiger partial charge >= 0.3 is 18.0 Å². The van der Waals surface area contributed by atoms with E-state index in [1.807, 2.05) is 0 Å². The van der Waals surface area contributed by atoms with E-state index in [4.69, 9.17) is 14.2 Å². The first-order valence-corrected chi connectivity index (χ1v) is 13.4. The lowest BCUT2D eigenvalue weighted by Gasteiger charge is -2.26. The third-order valence-electron chi connectivity index (χ3n) is 6.89. The van der Waals surface area contributed by atoms with E-state index in [0.29, 0.717) is 17.0 Å². The maximum absolute atomic E-state index is 13.4. The molecule has 1 amide bonds. The van der Waals surface area contributed by atoms with E-state index in [9.17, 15) is 28.9 Å². The van der Waals surface area contributed by atoms with Crippen LogP contribution in [0, 0.1) is 21.3 Å². The van der Waals surface area contributed by atoms with Gasteiger partial charge in [0.15, 0.2) is 11.6 Å². The fourth-order valence-corrected chi connectivity index (χ4v) is 5.09. The minimum atomic E-state index is -1.23. The van der Waals surface area contributed by atoms with Gasteiger partial charge in [0.05, 0.1) is 41.4 Å². The maximum atomic E-state index is 13.4. The number of amides is 1. The molecule has 0 radical (unpaired) electrons. The van der Waals surface area contributed by atoms with Crippen LogP contribution in [-0.2, 0) is 25.4 Å². The summed E-state index contributed by atoms with van der Waals surface area (Å²) in [6.07, 6.45) is 0.567. The van der Waals surface area contributed by atoms with Crippen molar-refractivity contribution in [3.05, 3.63) is 88.0 Å². The van der Waals surface area contributed by atoms with Gasteiger partial charge in [-0.1, -0.05) is 18.2 Å². The van der Waals surface area contributed by atoms with Crippen LogP contribution < -0.4 is 5.32 Å². The van der Waals surface area contributed by atoms with Crippen LogP contribution in [0.4, 0.5) is 14.9 Å². The van der Waals surface area contributed by atoms with Gasteiger partial charge in [0.25, 0.3) is 5.69 Å². The van der Waals surface area contributed by atoms with Gasteiger partial charge in [-0.15, -0.1) is 0 Å². The number of carbonyl (C=O) groups excluding carboxylic acids is 3. The first-order chi connectivity index (χ1) is 20.3. The van der Waals surface area contributed by atoms with E-state index in [0.717, 1.165) is 12.4 Å². The zero-order valence-corrected chi connectivity index (χ0v) is 24.0. The summed E-state index contributed by atoms with van der Waals surface area (Å²) in [5.74, 6) is -1.64. The number of halogens is 1. The molecule has 1 aliphatic carbocycles. The van der Waals surface area contributed by atoms with Crippen molar-refractivity contribution in [3.63, 3.8) is 0 Å². The lowest BCUT2D eigenvalue weighted by atomic mass is 9.79. The Bertz CT molecular complexity index is 1510. The quantitative estimate of drug-likeness (QED) is 0.166. The summed E-state index contributed by atoms with van der Waals surface area (Å²) in [6.45, 7) is 5.09. The van der Waals surface area contributed by atoms with Crippen LogP contribution in [0.2, 0.25) is 0 Å². The van der Waals surface area contributed by atoms with E-state index < -0.39 is 51.9 Å². The van der Waals surface area contributed by atoms with Gasteiger partial charge in [0, 0.05) is 24.1 Å². The molecule has 1 aliphatic rings. The number of methoxy groups -OCH3 is 1. The second-order valence-electron chi connectivity index (χ2n) is 11.3. The van der Waals surface area contributed by atoms with E-state index >= 15 is 0 Å². The second kappa shape index (κ2) is 12.5. The fourth-order valence-electron chi connectivity index (χ4n) is 5.09. The number of ether oxygens (including phenoxy) is 3. The van der Waals surface area contributed by atoms with Crippen LogP contribution in [0.3, 0.4) is 0 Å². The summed E-state index contributed by atoms with van der Waals surface area (Å²) in [6, 6.07) is 11.1. The van der Waals surface area contributed by atoms with E-state index in [-0.39, 0.29) is 30.5 Å². The number of non-ortho nitro benzene ring substituents is 1. The Labute approximate surface area is 246 Å². The lowest BCUT2D eigenvalue weighted by molar-refractivity contribution is -0.384. The molecule has 2 aromatic carbocycles. The van der Waals surface area contributed by atoms with Crippen molar-refractivity contribution < 1.29 is 37.9 Å². The molecule has 0 spiro atoms. The van der Waals surface area contributed by atoms with E-state index in [2.05, 4.69) is 15.3 Å². The van der Waals surface area contributed by atoms with E-state index in [1.165, 1.54) is 31.4 Å². The molecule has 0 unspecified atom stereocenters. The number of hydrogen-bond acceptors (Lipinski definition) is 10. The van der Waals surface area contributed by atoms with Gasteiger partial charge in [0.2, 0.25) is 0 Å². The SMILES string of the molecule is COC(=O)[C@]1(Cc2cccc(-c3ncc(F)cn3)c2)C[C@@H](NC(=O)OC(C)(C)C)[C@H](OC(=O)c2ccc([N+](=O)[O-])cc2)C1. The summed E-state index contributed by atoms with van der Waals surface area (Å²) in [7, 11) is 1.25. The van der Waals surface area contributed by atoms with Crippen molar-refractivity contribution in [2.24, 2.45) is 5.41 Å². The van der Waals surface area contributed by atoms with Crippen molar-refractivity contribution in [1.29, 1.82) is 0 Å². The predicted molar refractivity (Wildman–Crippen MR) is 150 cm³/mol. The van der Waals surface area contributed by atoms with Crippen molar-refractivity contribution in [1.82, 2.24) is 15.3 Å². The zero-order valence-electron chi connectivity index (χ0n) is 24.0. The largest absolute Gasteiger partial charge is 0.469 e. The molecular weight excluding hydrogens is 563 g/mol. The summed E-state index contributed by atoms with van der Waals surface area (Å²) in [4.78, 5) is 57.7. The Morgan fingerprint density at radius 2 is 1.77 bits per heavy atom. The van der Waals surface area contributed by atoms with Crippen molar-refractivity contribution in [2.45, 2.75) is 57.8 Å². The zero-order chi connectivity index (χ0) is 31.4. The molecule has 0 aliphatic heterocycles. The first-order valence-electron chi connectivity index (χ1n) is 13.4. The molecule has 226 valence electrons. The number of nitrogens with zero attached hydrogens (tertiary/aromatic N) is 3. The van der Waals surface area contributed by atoms with Gasteiger partial charge < -0.3 is 19.5 Å². The van der Waals surface area contributed by atoms with Crippen LogP contribution in [0.1, 0.15) is 49.5 Å². The van der Waals surface area contributed by atoms with Gasteiger partial charge in [-0.25, -0.2) is 23.9 Å². The number of benzene rings is 2. The molecule has 4 rings (SSSR count). The molecule has 43 heavy (non-hydrogen) atoms. The van der Waals surface area contributed by atoms with Crippen LogP contribution in [0.25, 0.3) is 11.4 Å². The van der Waals surface area contributed by atoms with Gasteiger partial charge in [-0.05, 0) is 57.4 Å². The first kappa shape index (κ1) is 31.0. The molecule has 1 saturated carbocycles. The Morgan fingerprint density at radius 1 is 1.09 bits per heavy atom. The number of aromatic nitrogens is 2. The predicted octanol–water partition coefficient (Wildman–Crippen LogP) is 4.81. The average Bonchev–Trinajstić information content (AvgIpc) is 3.28. The number of nitro benzene ring substituents is 1. The standard InChI is InChI=1S/C30H31FN4O8/c1-29(2,3)43-28(38)34-23-14-30(27(37)41-4,13-18-6-5-7-20(12-18)25-32-16-21(31)17-33-25)15-24(23)42-26(36)19-8-10-22(11-9-19)35(39)40/h5-12,16-17,23-24H,13-15H2,1-4H3,(H,34,38)/t23-,24-,30-/m1/s1. The number of rotatable bonds is 8. The highest BCUT2D eigenvalue weighted by molar-refractivity contribution is 5.90. The Kier molecular flexibility index (Phi) is 9.02. The molecule has 0 bridgehead atoms. The Hall–Kier alpha value is -4.94. The molecular formula is C30H31FN4O8. The van der Waals surface area contributed by atoms with Crippen LogP contribution in [0.5, 0.6) is 0 Å². The molecule has 0 saturated heterocycles. The normalized spacial score (nSPS) is 19.7. The average molecular weight is 595 g/mol. The molecule has 12 nitrogen and oxygen atoms in total. The second-order valence-corrected chi connectivity index (χ2v) is 11.3. The summed E-state index contributed by atoms with van der Waals surface area (Å²) < 4.78 is 29.7. The number of nitrogens with one attached hydrogen (secondary N) is 1. The number of nitro groups is 1.